The van der Waals surface area contributed by atoms with Gasteiger partial charge in [0.2, 0.25) is 0 Å². The zero-order chi connectivity index (χ0) is 12.5. The van der Waals surface area contributed by atoms with Gasteiger partial charge in [-0.3, -0.25) is 0 Å². The summed E-state index contributed by atoms with van der Waals surface area (Å²) in [5.74, 6) is 2.30. The Balaban J connectivity index is 1.67. The lowest BCUT2D eigenvalue weighted by molar-refractivity contribution is 0.627. The van der Waals surface area contributed by atoms with Gasteiger partial charge in [0.1, 0.15) is 11.6 Å². The van der Waals surface area contributed by atoms with Gasteiger partial charge in [-0.25, -0.2) is 4.39 Å². The Hall–Kier alpha value is -1.36. The second-order valence-electron chi connectivity index (χ2n) is 4.59. The summed E-state index contributed by atoms with van der Waals surface area (Å²) in [6.45, 7) is 0. The van der Waals surface area contributed by atoms with Crippen LogP contribution < -0.4 is 0 Å². The van der Waals surface area contributed by atoms with Crippen LogP contribution in [0.5, 0.6) is 0 Å². The lowest BCUT2D eigenvalue weighted by atomic mass is 10.2. The molecule has 0 atom stereocenters. The Kier molecular flexibility index (Phi) is 3.07. The summed E-state index contributed by atoms with van der Waals surface area (Å²) in [4.78, 5) is 0. The average molecular weight is 263 g/mol. The van der Waals surface area contributed by atoms with Crippen molar-refractivity contribution in [2.24, 2.45) is 7.05 Å². The molecular weight excluding hydrogens is 249 g/mol. The Morgan fingerprint density at radius 2 is 2.00 bits per heavy atom. The first-order valence-corrected chi connectivity index (χ1v) is 6.99. The molecule has 5 heteroatoms. The molecule has 1 fully saturated rings. The molecule has 0 unspecified atom stereocenters. The van der Waals surface area contributed by atoms with Crippen LogP contribution in [0.1, 0.15) is 30.1 Å². The summed E-state index contributed by atoms with van der Waals surface area (Å²) < 4.78 is 14.9. The third kappa shape index (κ3) is 2.41. The largest absolute Gasteiger partial charge is 0.309 e. The third-order valence-corrected chi connectivity index (χ3v) is 4.18. The summed E-state index contributed by atoms with van der Waals surface area (Å²) in [6.07, 6.45) is 2.46. The summed E-state index contributed by atoms with van der Waals surface area (Å²) in [7, 11) is 2.01. The number of rotatable bonds is 4. The minimum Gasteiger partial charge on any atom is -0.309 e. The van der Waals surface area contributed by atoms with Crippen molar-refractivity contribution >= 4 is 11.8 Å². The maximum Gasteiger partial charge on any atom is 0.191 e. The molecule has 0 bridgehead atoms. The molecule has 18 heavy (non-hydrogen) atoms. The highest BCUT2D eigenvalue weighted by atomic mass is 32.2. The van der Waals surface area contributed by atoms with E-state index >= 15 is 0 Å². The molecule has 1 aliphatic rings. The number of hydrogen-bond acceptors (Lipinski definition) is 3. The average Bonchev–Trinajstić information content (AvgIpc) is 3.14. The monoisotopic (exact) mass is 263 g/mol. The molecule has 1 heterocycles. The van der Waals surface area contributed by atoms with Crippen molar-refractivity contribution in [2.75, 3.05) is 0 Å². The molecule has 3 rings (SSSR count). The minimum absolute atomic E-state index is 0.196. The van der Waals surface area contributed by atoms with Gasteiger partial charge >= 0.3 is 0 Å². The molecule has 0 aliphatic heterocycles. The predicted octanol–water partition coefficient (Wildman–Crippen LogP) is 3.12. The molecule has 94 valence electrons. The number of thioether (sulfide) groups is 1. The minimum atomic E-state index is -0.196. The fourth-order valence-corrected chi connectivity index (χ4v) is 2.75. The van der Waals surface area contributed by atoms with E-state index in [0.717, 1.165) is 22.3 Å². The van der Waals surface area contributed by atoms with Crippen LogP contribution in [0.4, 0.5) is 4.39 Å². The van der Waals surface area contributed by atoms with Gasteiger partial charge in [-0.1, -0.05) is 23.9 Å². The van der Waals surface area contributed by atoms with Gasteiger partial charge < -0.3 is 4.57 Å². The first kappa shape index (κ1) is 11.7. The van der Waals surface area contributed by atoms with E-state index in [1.54, 1.807) is 23.9 Å². The molecule has 0 N–H and O–H groups in total. The Bertz CT molecular complexity index is 546. The molecule has 1 aromatic heterocycles. The Morgan fingerprint density at radius 1 is 1.28 bits per heavy atom. The fourth-order valence-electron chi connectivity index (χ4n) is 1.88. The van der Waals surface area contributed by atoms with E-state index in [1.165, 1.54) is 25.0 Å². The normalized spacial score (nSPS) is 15.0. The number of nitrogens with zero attached hydrogens (tertiary/aromatic N) is 3. The van der Waals surface area contributed by atoms with Crippen molar-refractivity contribution in [1.82, 2.24) is 14.8 Å². The smallest absolute Gasteiger partial charge is 0.191 e. The van der Waals surface area contributed by atoms with Gasteiger partial charge in [0, 0.05) is 18.7 Å². The molecule has 1 aromatic carbocycles. The Morgan fingerprint density at radius 3 is 2.67 bits per heavy atom. The first-order valence-electron chi connectivity index (χ1n) is 6.00. The second kappa shape index (κ2) is 4.72. The van der Waals surface area contributed by atoms with Gasteiger partial charge in [-0.2, -0.15) is 0 Å². The highest BCUT2D eigenvalue weighted by Gasteiger charge is 2.29. The van der Waals surface area contributed by atoms with E-state index in [2.05, 4.69) is 14.8 Å². The first-order chi connectivity index (χ1) is 8.74. The fraction of sp³-hybridized carbons (Fsp3) is 0.385. The van der Waals surface area contributed by atoms with Crippen LogP contribution in [-0.2, 0) is 12.8 Å². The molecule has 0 saturated heterocycles. The van der Waals surface area contributed by atoms with Crippen LogP contribution in [0.2, 0.25) is 0 Å². The summed E-state index contributed by atoms with van der Waals surface area (Å²) in [6, 6.07) is 6.59. The predicted molar refractivity (Wildman–Crippen MR) is 68.9 cm³/mol. The number of halogens is 1. The van der Waals surface area contributed by atoms with E-state index in [-0.39, 0.29) is 5.82 Å². The molecule has 1 aliphatic carbocycles. The van der Waals surface area contributed by atoms with Gasteiger partial charge in [0.25, 0.3) is 0 Å². The third-order valence-electron chi connectivity index (χ3n) is 3.09. The van der Waals surface area contributed by atoms with E-state index in [1.807, 2.05) is 7.05 Å². The van der Waals surface area contributed by atoms with Gasteiger partial charge in [0.15, 0.2) is 5.16 Å². The van der Waals surface area contributed by atoms with Crippen molar-refractivity contribution in [3.63, 3.8) is 0 Å². The number of hydrogen-bond donors (Lipinski definition) is 0. The van der Waals surface area contributed by atoms with E-state index in [0.29, 0.717) is 5.92 Å². The molecule has 0 amide bonds. The second-order valence-corrected chi connectivity index (χ2v) is 5.53. The molecular formula is C13H14FN3S. The van der Waals surface area contributed by atoms with Crippen molar-refractivity contribution in [3.05, 3.63) is 41.5 Å². The standard InChI is InChI=1S/C13H14FN3S/c1-17-12(10-4-5-10)15-16-13(17)18-8-9-2-6-11(14)7-3-9/h2-3,6-7,10H,4-5,8H2,1H3. The quantitative estimate of drug-likeness (QED) is 0.794. The van der Waals surface area contributed by atoms with Crippen LogP contribution >= 0.6 is 11.8 Å². The van der Waals surface area contributed by atoms with Crippen molar-refractivity contribution in [2.45, 2.75) is 29.7 Å². The zero-order valence-electron chi connectivity index (χ0n) is 10.1. The number of benzene rings is 1. The maximum atomic E-state index is 12.8. The SMILES string of the molecule is Cn1c(SCc2ccc(F)cc2)nnc1C1CC1. The van der Waals surface area contributed by atoms with E-state index in [9.17, 15) is 4.39 Å². The lowest BCUT2D eigenvalue weighted by Gasteiger charge is -2.03. The highest BCUT2D eigenvalue weighted by Crippen LogP contribution is 2.39. The topological polar surface area (TPSA) is 30.7 Å². The molecule has 2 aromatic rings. The summed E-state index contributed by atoms with van der Waals surface area (Å²) >= 11 is 1.64. The molecule has 3 nitrogen and oxygen atoms in total. The van der Waals surface area contributed by atoms with E-state index < -0.39 is 0 Å². The van der Waals surface area contributed by atoms with Crippen LogP contribution in [0.3, 0.4) is 0 Å². The summed E-state index contributed by atoms with van der Waals surface area (Å²) in [5, 5.41) is 9.38. The maximum absolute atomic E-state index is 12.8. The Labute approximate surface area is 109 Å². The number of aromatic nitrogens is 3. The molecule has 0 radical (unpaired) electrons. The van der Waals surface area contributed by atoms with Gasteiger partial charge in [-0.05, 0) is 30.5 Å². The molecule has 1 saturated carbocycles. The van der Waals surface area contributed by atoms with E-state index in [4.69, 9.17) is 0 Å². The van der Waals surface area contributed by atoms with Crippen LogP contribution in [0.25, 0.3) is 0 Å². The van der Waals surface area contributed by atoms with Crippen LogP contribution in [0.15, 0.2) is 29.4 Å². The van der Waals surface area contributed by atoms with Crippen LogP contribution in [-0.4, -0.2) is 14.8 Å². The van der Waals surface area contributed by atoms with Crippen molar-refractivity contribution < 1.29 is 4.39 Å². The summed E-state index contributed by atoms with van der Waals surface area (Å²) in [5.41, 5.74) is 1.09. The zero-order valence-corrected chi connectivity index (χ0v) is 11.0. The van der Waals surface area contributed by atoms with Crippen molar-refractivity contribution in [1.29, 1.82) is 0 Å². The van der Waals surface area contributed by atoms with Crippen molar-refractivity contribution in [3.8, 4) is 0 Å². The lowest BCUT2D eigenvalue weighted by Crippen LogP contribution is -1.97. The van der Waals surface area contributed by atoms with Crippen LogP contribution in [0, 0.1) is 5.82 Å². The van der Waals surface area contributed by atoms with Gasteiger partial charge in [0.05, 0.1) is 0 Å². The molecule has 0 spiro atoms. The van der Waals surface area contributed by atoms with Gasteiger partial charge in [-0.15, -0.1) is 10.2 Å². The highest BCUT2D eigenvalue weighted by molar-refractivity contribution is 7.98.